The summed E-state index contributed by atoms with van der Waals surface area (Å²) in [5.74, 6) is 0.634. The molecule has 0 saturated heterocycles. The van der Waals surface area contributed by atoms with Gasteiger partial charge in [0.2, 0.25) is 5.91 Å². The third-order valence-electron chi connectivity index (χ3n) is 3.29. The van der Waals surface area contributed by atoms with Gasteiger partial charge in [0.05, 0.1) is 6.61 Å². The standard InChI is InChI=1S/C19H21NO2/c1-3-15-9-5-7-11-17(15)20-19(21)14-13-16-10-6-8-12-18(16)22-4-2/h5-14H,3-4H2,1-2H3,(H,20,21)/b14-13+. The van der Waals surface area contributed by atoms with E-state index in [9.17, 15) is 4.79 Å². The van der Waals surface area contributed by atoms with E-state index in [2.05, 4.69) is 12.2 Å². The fraction of sp³-hybridized carbons (Fsp3) is 0.211. The molecular formula is C19H21NO2. The molecule has 2 aromatic rings. The number of hydrogen-bond donors (Lipinski definition) is 1. The SMILES string of the molecule is CCOc1ccccc1/C=C/C(=O)Nc1ccccc1CC. The number of ether oxygens (including phenoxy) is 1. The molecule has 0 aromatic heterocycles. The lowest BCUT2D eigenvalue weighted by Crippen LogP contribution is -2.09. The molecule has 1 amide bonds. The van der Waals surface area contributed by atoms with Crippen molar-refractivity contribution in [2.45, 2.75) is 20.3 Å². The number of rotatable bonds is 6. The molecule has 3 nitrogen and oxygen atoms in total. The minimum atomic E-state index is -0.146. The van der Waals surface area contributed by atoms with Crippen LogP contribution in [0.1, 0.15) is 25.0 Å². The van der Waals surface area contributed by atoms with Gasteiger partial charge in [-0.2, -0.15) is 0 Å². The topological polar surface area (TPSA) is 38.3 Å². The summed E-state index contributed by atoms with van der Waals surface area (Å²) in [6.07, 6.45) is 4.19. The fourth-order valence-electron chi connectivity index (χ4n) is 2.20. The average molecular weight is 295 g/mol. The number of carbonyl (C=O) groups is 1. The second-order valence-electron chi connectivity index (χ2n) is 4.80. The lowest BCUT2D eigenvalue weighted by molar-refractivity contribution is -0.111. The highest BCUT2D eigenvalue weighted by Crippen LogP contribution is 2.20. The second-order valence-corrected chi connectivity index (χ2v) is 4.80. The van der Waals surface area contributed by atoms with Crippen LogP contribution < -0.4 is 10.1 Å². The van der Waals surface area contributed by atoms with E-state index in [1.54, 1.807) is 6.08 Å². The molecule has 0 fully saturated rings. The number of benzene rings is 2. The summed E-state index contributed by atoms with van der Waals surface area (Å²) in [7, 11) is 0. The van der Waals surface area contributed by atoms with E-state index in [0.717, 1.165) is 29.0 Å². The van der Waals surface area contributed by atoms with Crippen LogP contribution in [0.3, 0.4) is 0 Å². The average Bonchev–Trinajstić information content (AvgIpc) is 2.55. The summed E-state index contributed by atoms with van der Waals surface area (Å²) in [5.41, 5.74) is 2.87. The zero-order valence-electron chi connectivity index (χ0n) is 13.0. The molecule has 1 N–H and O–H groups in total. The Morgan fingerprint density at radius 2 is 1.82 bits per heavy atom. The van der Waals surface area contributed by atoms with Crippen molar-refractivity contribution in [2.75, 3.05) is 11.9 Å². The zero-order valence-corrected chi connectivity index (χ0v) is 13.0. The molecule has 2 aromatic carbocycles. The number of aryl methyl sites for hydroxylation is 1. The molecule has 0 bridgehead atoms. The highest BCUT2D eigenvalue weighted by atomic mass is 16.5. The van der Waals surface area contributed by atoms with Crippen molar-refractivity contribution in [2.24, 2.45) is 0 Å². The van der Waals surface area contributed by atoms with Gasteiger partial charge in [-0.05, 0) is 37.1 Å². The Hall–Kier alpha value is -2.55. The van der Waals surface area contributed by atoms with Crippen molar-refractivity contribution in [3.63, 3.8) is 0 Å². The van der Waals surface area contributed by atoms with Gasteiger partial charge in [0.15, 0.2) is 0 Å². The lowest BCUT2D eigenvalue weighted by Gasteiger charge is -2.08. The molecule has 0 aliphatic carbocycles. The Morgan fingerprint density at radius 1 is 1.09 bits per heavy atom. The van der Waals surface area contributed by atoms with E-state index >= 15 is 0 Å². The van der Waals surface area contributed by atoms with Crippen LogP contribution in [0.4, 0.5) is 5.69 Å². The summed E-state index contributed by atoms with van der Waals surface area (Å²) >= 11 is 0. The molecule has 0 spiro atoms. The van der Waals surface area contributed by atoms with Crippen molar-refractivity contribution >= 4 is 17.7 Å². The van der Waals surface area contributed by atoms with Crippen LogP contribution in [-0.2, 0) is 11.2 Å². The number of hydrogen-bond acceptors (Lipinski definition) is 2. The highest BCUT2D eigenvalue weighted by molar-refractivity contribution is 6.02. The normalized spacial score (nSPS) is 10.6. The van der Waals surface area contributed by atoms with Crippen LogP contribution in [0, 0.1) is 0 Å². The molecule has 2 rings (SSSR count). The van der Waals surface area contributed by atoms with E-state index in [4.69, 9.17) is 4.74 Å². The van der Waals surface area contributed by atoms with E-state index in [0.29, 0.717) is 6.61 Å². The van der Waals surface area contributed by atoms with Crippen LogP contribution in [-0.4, -0.2) is 12.5 Å². The first-order valence-electron chi connectivity index (χ1n) is 7.53. The summed E-state index contributed by atoms with van der Waals surface area (Å²) in [6, 6.07) is 15.5. The summed E-state index contributed by atoms with van der Waals surface area (Å²) in [6.45, 7) is 4.61. The quantitative estimate of drug-likeness (QED) is 0.807. The van der Waals surface area contributed by atoms with E-state index in [1.165, 1.54) is 6.08 Å². The third kappa shape index (κ3) is 4.22. The summed E-state index contributed by atoms with van der Waals surface area (Å²) < 4.78 is 5.54. The van der Waals surface area contributed by atoms with Crippen LogP contribution in [0.2, 0.25) is 0 Å². The number of anilines is 1. The predicted molar refractivity (Wildman–Crippen MR) is 91.1 cm³/mol. The maximum atomic E-state index is 12.1. The Kier molecular flexibility index (Phi) is 5.78. The molecule has 0 radical (unpaired) electrons. The molecule has 22 heavy (non-hydrogen) atoms. The van der Waals surface area contributed by atoms with Crippen LogP contribution in [0.15, 0.2) is 54.6 Å². The molecule has 0 unspecified atom stereocenters. The van der Waals surface area contributed by atoms with Crippen molar-refractivity contribution in [1.82, 2.24) is 0 Å². The van der Waals surface area contributed by atoms with E-state index < -0.39 is 0 Å². The summed E-state index contributed by atoms with van der Waals surface area (Å²) in [4.78, 5) is 12.1. The second kappa shape index (κ2) is 8.03. The van der Waals surface area contributed by atoms with Crippen LogP contribution in [0.5, 0.6) is 5.75 Å². The van der Waals surface area contributed by atoms with Gasteiger partial charge in [0.25, 0.3) is 0 Å². The molecular weight excluding hydrogens is 274 g/mol. The molecule has 0 aliphatic heterocycles. The minimum absolute atomic E-state index is 0.146. The van der Waals surface area contributed by atoms with Gasteiger partial charge in [0, 0.05) is 17.3 Å². The zero-order chi connectivity index (χ0) is 15.8. The Bertz CT molecular complexity index is 662. The molecule has 114 valence electrons. The first-order chi connectivity index (χ1) is 10.7. The van der Waals surface area contributed by atoms with Gasteiger partial charge in [0.1, 0.15) is 5.75 Å². The number of carbonyl (C=O) groups excluding carboxylic acids is 1. The maximum absolute atomic E-state index is 12.1. The summed E-state index contributed by atoms with van der Waals surface area (Å²) in [5, 5.41) is 2.92. The first kappa shape index (κ1) is 15.8. The monoisotopic (exact) mass is 295 g/mol. The number of amides is 1. The highest BCUT2D eigenvalue weighted by Gasteiger charge is 2.03. The van der Waals surface area contributed by atoms with Crippen molar-refractivity contribution < 1.29 is 9.53 Å². The Labute approximate surface area is 131 Å². The van der Waals surface area contributed by atoms with E-state index in [1.807, 2.05) is 55.5 Å². The molecule has 0 heterocycles. The fourth-order valence-corrected chi connectivity index (χ4v) is 2.20. The van der Waals surface area contributed by atoms with Crippen molar-refractivity contribution in [3.05, 3.63) is 65.7 Å². The Morgan fingerprint density at radius 3 is 2.59 bits per heavy atom. The maximum Gasteiger partial charge on any atom is 0.248 e. The van der Waals surface area contributed by atoms with Gasteiger partial charge < -0.3 is 10.1 Å². The molecule has 0 saturated carbocycles. The lowest BCUT2D eigenvalue weighted by atomic mass is 10.1. The largest absolute Gasteiger partial charge is 0.493 e. The van der Waals surface area contributed by atoms with Gasteiger partial charge >= 0.3 is 0 Å². The van der Waals surface area contributed by atoms with Crippen LogP contribution in [0.25, 0.3) is 6.08 Å². The third-order valence-corrected chi connectivity index (χ3v) is 3.29. The number of para-hydroxylation sites is 2. The van der Waals surface area contributed by atoms with Gasteiger partial charge in [-0.15, -0.1) is 0 Å². The van der Waals surface area contributed by atoms with Gasteiger partial charge in [-0.3, -0.25) is 4.79 Å². The number of nitrogens with one attached hydrogen (secondary N) is 1. The first-order valence-corrected chi connectivity index (χ1v) is 7.53. The van der Waals surface area contributed by atoms with Crippen molar-refractivity contribution in [1.29, 1.82) is 0 Å². The molecule has 3 heteroatoms. The smallest absolute Gasteiger partial charge is 0.248 e. The minimum Gasteiger partial charge on any atom is -0.493 e. The molecule has 0 aliphatic rings. The Balaban J connectivity index is 2.09. The van der Waals surface area contributed by atoms with Gasteiger partial charge in [-0.25, -0.2) is 0 Å². The van der Waals surface area contributed by atoms with Crippen molar-refractivity contribution in [3.8, 4) is 5.75 Å². The predicted octanol–water partition coefficient (Wildman–Crippen LogP) is 4.30. The van der Waals surface area contributed by atoms with Crippen LogP contribution >= 0.6 is 0 Å². The van der Waals surface area contributed by atoms with Gasteiger partial charge in [-0.1, -0.05) is 43.3 Å². The molecule has 0 atom stereocenters. The van der Waals surface area contributed by atoms with E-state index in [-0.39, 0.29) is 5.91 Å².